The molecule has 13 heavy (non-hydrogen) atoms. The predicted octanol–water partition coefficient (Wildman–Crippen LogP) is 2.08. The van der Waals surface area contributed by atoms with E-state index in [2.05, 4.69) is 23.3 Å². The van der Waals surface area contributed by atoms with Crippen LogP contribution < -0.4 is 5.32 Å². The van der Waals surface area contributed by atoms with Crippen LogP contribution in [0.4, 0.5) is 5.82 Å². The van der Waals surface area contributed by atoms with Crippen molar-refractivity contribution in [1.82, 2.24) is 4.98 Å². The summed E-state index contributed by atoms with van der Waals surface area (Å²) in [5, 5.41) is 11.8. The Kier molecular flexibility index (Phi) is 3.27. The maximum Gasteiger partial charge on any atom is 0.128 e. The van der Waals surface area contributed by atoms with Crippen LogP contribution >= 0.6 is 0 Å². The fraction of sp³-hybridized carbons (Fsp3) is 0.400. The zero-order chi connectivity index (χ0) is 9.68. The maximum absolute atomic E-state index is 8.62. The van der Waals surface area contributed by atoms with Crippen molar-refractivity contribution < 1.29 is 0 Å². The van der Waals surface area contributed by atoms with Crippen molar-refractivity contribution in [2.45, 2.75) is 20.3 Å². The number of nitrogens with zero attached hydrogens (tertiary/aromatic N) is 2. The van der Waals surface area contributed by atoms with Crippen LogP contribution in [0.15, 0.2) is 12.3 Å². The molecule has 0 saturated heterocycles. The average Bonchev–Trinajstić information content (AvgIpc) is 2.16. The molecule has 0 spiro atoms. The number of aromatic nitrogens is 1. The van der Waals surface area contributed by atoms with Gasteiger partial charge < -0.3 is 5.32 Å². The molecule has 0 saturated carbocycles. The summed E-state index contributed by atoms with van der Waals surface area (Å²) in [5.41, 5.74) is 1.63. The van der Waals surface area contributed by atoms with Gasteiger partial charge in [0, 0.05) is 12.7 Å². The first-order valence-corrected chi connectivity index (χ1v) is 4.38. The number of rotatable bonds is 3. The van der Waals surface area contributed by atoms with E-state index in [-0.39, 0.29) is 0 Å². The van der Waals surface area contributed by atoms with Gasteiger partial charge in [0.2, 0.25) is 0 Å². The van der Waals surface area contributed by atoms with Crippen LogP contribution in [0.1, 0.15) is 24.5 Å². The van der Waals surface area contributed by atoms with E-state index in [0.717, 1.165) is 24.3 Å². The zero-order valence-corrected chi connectivity index (χ0v) is 7.96. The van der Waals surface area contributed by atoms with Gasteiger partial charge in [0.05, 0.1) is 5.56 Å². The summed E-state index contributed by atoms with van der Waals surface area (Å²) in [4.78, 5) is 4.15. The van der Waals surface area contributed by atoms with Gasteiger partial charge in [-0.25, -0.2) is 4.98 Å². The van der Waals surface area contributed by atoms with Crippen LogP contribution in [0.2, 0.25) is 0 Å². The summed E-state index contributed by atoms with van der Waals surface area (Å²) in [6.45, 7) is 4.97. The minimum Gasteiger partial charge on any atom is -0.370 e. The number of anilines is 1. The second-order valence-electron chi connectivity index (χ2n) is 2.93. The summed E-state index contributed by atoms with van der Waals surface area (Å²) >= 11 is 0. The molecule has 0 atom stereocenters. The number of pyridine rings is 1. The number of nitrogens with one attached hydrogen (secondary N) is 1. The molecule has 0 aromatic carbocycles. The quantitative estimate of drug-likeness (QED) is 0.765. The SMILES string of the molecule is CCCNc1ncc(C#N)cc1C. The molecule has 0 radical (unpaired) electrons. The molecule has 0 aliphatic heterocycles. The maximum atomic E-state index is 8.62. The summed E-state index contributed by atoms with van der Waals surface area (Å²) in [7, 11) is 0. The minimum atomic E-state index is 0.611. The molecule has 1 heterocycles. The summed E-state index contributed by atoms with van der Waals surface area (Å²) < 4.78 is 0. The van der Waals surface area contributed by atoms with Crippen LogP contribution in [-0.4, -0.2) is 11.5 Å². The topological polar surface area (TPSA) is 48.7 Å². The van der Waals surface area contributed by atoms with Gasteiger partial charge in [-0.1, -0.05) is 6.92 Å². The highest BCUT2D eigenvalue weighted by molar-refractivity contribution is 5.46. The first-order chi connectivity index (χ1) is 6.27. The Balaban J connectivity index is 2.81. The van der Waals surface area contributed by atoms with E-state index >= 15 is 0 Å². The molecular weight excluding hydrogens is 162 g/mol. The minimum absolute atomic E-state index is 0.611. The molecule has 1 aromatic heterocycles. The van der Waals surface area contributed by atoms with E-state index in [1.807, 2.05) is 13.0 Å². The number of hydrogen-bond acceptors (Lipinski definition) is 3. The highest BCUT2D eigenvalue weighted by atomic mass is 15.0. The third-order valence-electron chi connectivity index (χ3n) is 1.75. The first kappa shape index (κ1) is 9.53. The number of hydrogen-bond donors (Lipinski definition) is 1. The van der Waals surface area contributed by atoms with Gasteiger partial charge in [-0.3, -0.25) is 0 Å². The van der Waals surface area contributed by atoms with Crippen LogP contribution in [0, 0.1) is 18.3 Å². The monoisotopic (exact) mass is 175 g/mol. The van der Waals surface area contributed by atoms with Crippen molar-refractivity contribution in [3.8, 4) is 6.07 Å². The lowest BCUT2D eigenvalue weighted by molar-refractivity contribution is 0.965. The van der Waals surface area contributed by atoms with E-state index in [4.69, 9.17) is 5.26 Å². The molecule has 3 nitrogen and oxygen atoms in total. The summed E-state index contributed by atoms with van der Waals surface area (Å²) in [6.07, 6.45) is 2.66. The number of nitriles is 1. The Morgan fingerprint density at radius 2 is 2.38 bits per heavy atom. The predicted molar refractivity (Wildman–Crippen MR) is 52.5 cm³/mol. The van der Waals surface area contributed by atoms with Gasteiger partial charge >= 0.3 is 0 Å². The standard InChI is InChI=1S/C10H13N3/c1-3-4-12-10-8(2)5-9(6-11)7-13-10/h5,7H,3-4H2,1-2H3,(H,12,13). The van der Waals surface area contributed by atoms with Gasteiger partial charge in [-0.2, -0.15) is 5.26 Å². The Bertz CT molecular complexity index is 325. The average molecular weight is 175 g/mol. The van der Waals surface area contributed by atoms with E-state index in [0.29, 0.717) is 5.56 Å². The molecule has 0 aliphatic rings. The molecule has 3 heteroatoms. The summed E-state index contributed by atoms with van der Waals surface area (Å²) in [5.74, 6) is 0.876. The fourth-order valence-electron chi connectivity index (χ4n) is 1.06. The molecule has 1 rings (SSSR count). The highest BCUT2D eigenvalue weighted by Gasteiger charge is 1.99. The van der Waals surface area contributed by atoms with E-state index in [9.17, 15) is 0 Å². The largest absolute Gasteiger partial charge is 0.370 e. The van der Waals surface area contributed by atoms with Crippen molar-refractivity contribution >= 4 is 5.82 Å². The van der Waals surface area contributed by atoms with Gasteiger partial charge in [0.1, 0.15) is 11.9 Å². The molecule has 68 valence electrons. The van der Waals surface area contributed by atoms with Gasteiger partial charge in [-0.15, -0.1) is 0 Å². The lowest BCUT2D eigenvalue weighted by atomic mass is 10.2. The Labute approximate surface area is 78.4 Å². The van der Waals surface area contributed by atoms with E-state index < -0.39 is 0 Å². The third kappa shape index (κ3) is 2.45. The van der Waals surface area contributed by atoms with Crippen LogP contribution in [0.3, 0.4) is 0 Å². The normalized spacial score (nSPS) is 9.31. The molecule has 1 N–H and O–H groups in total. The van der Waals surface area contributed by atoms with Crippen molar-refractivity contribution in [3.05, 3.63) is 23.4 Å². The van der Waals surface area contributed by atoms with Crippen molar-refractivity contribution in [3.63, 3.8) is 0 Å². The first-order valence-electron chi connectivity index (χ1n) is 4.38. The van der Waals surface area contributed by atoms with Crippen LogP contribution in [0.5, 0.6) is 0 Å². The second-order valence-corrected chi connectivity index (χ2v) is 2.93. The molecule has 0 bridgehead atoms. The molecule has 0 amide bonds. The molecule has 0 aliphatic carbocycles. The lowest BCUT2D eigenvalue weighted by Crippen LogP contribution is -2.03. The Hall–Kier alpha value is -1.56. The molecular formula is C10H13N3. The van der Waals surface area contributed by atoms with Crippen LogP contribution in [-0.2, 0) is 0 Å². The van der Waals surface area contributed by atoms with Crippen molar-refractivity contribution in [1.29, 1.82) is 5.26 Å². The number of aryl methyl sites for hydroxylation is 1. The van der Waals surface area contributed by atoms with Gasteiger partial charge in [0.15, 0.2) is 0 Å². The zero-order valence-electron chi connectivity index (χ0n) is 7.96. The third-order valence-corrected chi connectivity index (χ3v) is 1.75. The van der Waals surface area contributed by atoms with Gasteiger partial charge in [-0.05, 0) is 25.0 Å². The molecule has 1 aromatic rings. The Morgan fingerprint density at radius 1 is 1.62 bits per heavy atom. The smallest absolute Gasteiger partial charge is 0.128 e. The lowest BCUT2D eigenvalue weighted by Gasteiger charge is -2.06. The van der Waals surface area contributed by atoms with Crippen molar-refractivity contribution in [2.24, 2.45) is 0 Å². The molecule has 0 fully saturated rings. The Morgan fingerprint density at radius 3 is 2.92 bits per heavy atom. The molecule has 0 unspecified atom stereocenters. The second kappa shape index (κ2) is 4.46. The summed E-state index contributed by atoms with van der Waals surface area (Å²) in [6, 6.07) is 3.90. The van der Waals surface area contributed by atoms with E-state index in [1.54, 1.807) is 6.20 Å². The van der Waals surface area contributed by atoms with Gasteiger partial charge in [0.25, 0.3) is 0 Å². The van der Waals surface area contributed by atoms with Crippen LogP contribution in [0.25, 0.3) is 0 Å². The highest BCUT2D eigenvalue weighted by Crippen LogP contribution is 2.11. The van der Waals surface area contributed by atoms with Crippen molar-refractivity contribution in [2.75, 3.05) is 11.9 Å². The fourth-order valence-corrected chi connectivity index (χ4v) is 1.06. The van der Waals surface area contributed by atoms with E-state index in [1.165, 1.54) is 0 Å².